The topological polar surface area (TPSA) is 74.2 Å². The number of ether oxygens (including phenoxy) is 1. The summed E-state index contributed by atoms with van der Waals surface area (Å²) in [7, 11) is 0. The Labute approximate surface area is 107 Å². The van der Waals surface area contributed by atoms with Crippen molar-refractivity contribution in [2.24, 2.45) is 5.73 Å². The van der Waals surface area contributed by atoms with E-state index < -0.39 is 0 Å². The minimum atomic E-state index is 0.118. The summed E-state index contributed by atoms with van der Waals surface area (Å²) in [4.78, 5) is 0. The molecular formula is C10H9Cl2N3O2. The van der Waals surface area contributed by atoms with Crippen molar-refractivity contribution in [1.82, 2.24) is 10.2 Å². The molecular weight excluding hydrogens is 265 g/mol. The van der Waals surface area contributed by atoms with Crippen LogP contribution in [0, 0.1) is 0 Å². The number of nitrogens with zero attached hydrogens (tertiary/aromatic N) is 2. The third-order valence-electron chi connectivity index (χ3n) is 1.93. The van der Waals surface area contributed by atoms with Crippen LogP contribution in [0.2, 0.25) is 10.0 Å². The number of hydrogen-bond donors (Lipinski definition) is 1. The van der Waals surface area contributed by atoms with E-state index >= 15 is 0 Å². The lowest BCUT2D eigenvalue weighted by Crippen LogP contribution is -1.96. The van der Waals surface area contributed by atoms with Crippen LogP contribution in [0.15, 0.2) is 22.6 Å². The van der Waals surface area contributed by atoms with Crippen molar-refractivity contribution in [3.05, 3.63) is 40.0 Å². The van der Waals surface area contributed by atoms with Crippen LogP contribution < -0.4 is 10.5 Å². The number of rotatable bonds is 4. The number of benzene rings is 1. The van der Waals surface area contributed by atoms with E-state index in [-0.39, 0.29) is 13.2 Å². The summed E-state index contributed by atoms with van der Waals surface area (Å²) in [6, 6.07) is 4.94. The maximum absolute atomic E-state index is 5.92. The van der Waals surface area contributed by atoms with Gasteiger partial charge in [-0.1, -0.05) is 23.2 Å². The Morgan fingerprint density at radius 2 is 2.00 bits per heavy atom. The van der Waals surface area contributed by atoms with Gasteiger partial charge in [-0.3, -0.25) is 0 Å². The van der Waals surface area contributed by atoms with Crippen LogP contribution in [0.4, 0.5) is 0 Å². The highest BCUT2D eigenvalue weighted by molar-refractivity contribution is 6.34. The van der Waals surface area contributed by atoms with E-state index in [1.807, 2.05) is 0 Å². The largest absolute Gasteiger partial charge is 0.482 e. The summed E-state index contributed by atoms with van der Waals surface area (Å²) in [6.07, 6.45) is 0. The zero-order valence-corrected chi connectivity index (χ0v) is 10.2. The second-order valence-electron chi connectivity index (χ2n) is 3.16. The Morgan fingerprint density at radius 1 is 1.24 bits per heavy atom. The molecule has 0 atom stereocenters. The molecule has 0 spiro atoms. The van der Waals surface area contributed by atoms with Crippen LogP contribution >= 0.6 is 23.2 Å². The van der Waals surface area contributed by atoms with Gasteiger partial charge in [0, 0.05) is 11.1 Å². The molecule has 7 heteroatoms. The molecule has 0 unspecified atom stereocenters. The number of aromatic nitrogens is 2. The molecule has 0 aliphatic carbocycles. The van der Waals surface area contributed by atoms with Crippen LogP contribution in [-0.4, -0.2) is 10.2 Å². The molecule has 1 aromatic heterocycles. The fourth-order valence-corrected chi connectivity index (χ4v) is 1.49. The highest BCUT2D eigenvalue weighted by Gasteiger charge is 2.07. The van der Waals surface area contributed by atoms with Gasteiger partial charge in [0.1, 0.15) is 5.75 Å². The fourth-order valence-electron chi connectivity index (χ4n) is 1.16. The summed E-state index contributed by atoms with van der Waals surface area (Å²) in [6.45, 7) is 0.317. The molecule has 2 aromatic rings. The molecule has 0 radical (unpaired) electrons. The first-order valence-electron chi connectivity index (χ1n) is 4.78. The summed E-state index contributed by atoms with van der Waals surface area (Å²) < 4.78 is 10.6. The average molecular weight is 274 g/mol. The van der Waals surface area contributed by atoms with Gasteiger partial charge in [-0.15, -0.1) is 10.2 Å². The molecule has 2 N–H and O–H groups in total. The van der Waals surface area contributed by atoms with E-state index in [2.05, 4.69) is 10.2 Å². The van der Waals surface area contributed by atoms with Gasteiger partial charge in [-0.25, -0.2) is 0 Å². The first kappa shape index (κ1) is 12.2. The molecule has 0 bridgehead atoms. The molecule has 0 aliphatic rings. The molecule has 5 nitrogen and oxygen atoms in total. The maximum Gasteiger partial charge on any atom is 0.253 e. The molecule has 1 heterocycles. The Hall–Kier alpha value is -1.30. The number of nitrogens with two attached hydrogens (primary N) is 1. The number of halogens is 2. The van der Waals surface area contributed by atoms with Crippen molar-refractivity contribution in [3.8, 4) is 5.75 Å². The van der Waals surface area contributed by atoms with Crippen LogP contribution in [0.25, 0.3) is 0 Å². The zero-order chi connectivity index (χ0) is 12.3. The molecule has 2 rings (SSSR count). The normalized spacial score (nSPS) is 10.5. The lowest BCUT2D eigenvalue weighted by atomic mass is 10.3. The van der Waals surface area contributed by atoms with E-state index in [4.69, 9.17) is 38.1 Å². The maximum atomic E-state index is 5.92. The van der Waals surface area contributed by atoms with Crippen molar-refractivity contribution >= 4 is 23.2 Å². The standard InChI is InChI=1S/C10H9Cl2N3O2/c11-6-1-2-7(12)8(3-6)16-5-10-15-14-9(4-13)17-10/h1-3H,4-5,13H2. The van der Waals surface area contributed by atoms with Crippen molar-refractivity contribution in [2.45, 2.75) is 13.2 Å². The van der Waals surface area contributed by atoms with Crippen LogP contribution in [0.3, 0.4) is 0 Å². The Morgan fingerprint density at radius 3 is 2.71 bits per heavy atom. The third-order valence-corrected chi connectivity index (χ3v) is 2.48. The first-order chi connectivity index (χ1) is 8.19. The summed E-state index contributed by atoms with van der Waals surface area (Å²) >= 11 is 11.7. The number of hydrogen-bond acceptors (Lipinski definition) is 5. The molecule has 0 amide bonds. The van der Waals surface area contributed by atoms with E-state index in [1.54, 1.807) is 18.2 Å². The zero-order valence-electron chi connectivity index (χ0n) is 8.69. The Balaban J connectivity index is 2.04. The van der Waals surface area contributed by atoms with Crippen molar-refractivity contribution < 1.29 is 9.15 Å². The SMILES string of the molecule is NCc1nnc(COc2cc(Cl)ccc2Cl)o1. The molecule has 90 valence electrons. The minimum absolute atomic E-state index is 0.118. The van der Waals surface area contributed by atoms with E-state index in [0.717, 1.165) is 0 Å². The molecule has 17 heavy (non-hydrogen) atoms. The van der Waals surface area contributed by atoms with Crippen LogP contribution in [0.5, 0.6) is 5.75 Å². The highest BCUT2D eigenvalue weighted by atomic mass is 35.5. The van der Waals surface area contributed by atoms with Gasteiger partial charge in [0.2, 0.25) is 5.89 Å². The Kier molecular flexibility index (Phi) is 3.83. The van der Waals surface area contributed by atoms with E-state index in [1.165, 1.54) is 0 Å². The Bertz CT molecular complexity index is 516. The molecule has 1 aromatic carbocycles. The van der Waals surface area contributed by atoms with Gasteiger partial charge >= 0.3 is 0 Å². The summed E-state index contributed by atoms with van der Waals surface area (Å²) in [5, 5.41) is 8.47. The average Bonchev–Trinajstić information content (AvgIpc) is 2.78. The van der Waals surface area contributed by atoms with Gasteiger partial charge in [-0.05, 0) is 12.1 Å². The summed E-state index contributed by atoms with van der Waals surface area (Å²) in [5.74, 6) is 1.16. The van der Waals surface area contributed by atoms with Gasteiger partial charge in [0.15, 0.2) is 6.61 Å². The smallest absolute Gasteiger partial charge is 0.253 e. The highest BCUT2D eigenvalue weighted by Crippen LogP contribution is 2.28. The van der Waals surface area contributed by atoms with E-state index in [9.17, 15) is 0 Å². The molecule has 0 aliphatic heterocycles. The lowest BCUT2D eigenvalue weighted by Gasteiger charge is -2.05. The van der Waals surface area contributed by atoms with Gasteiger partial charge in [-0.2, -0.15) is 0 Å². The minimum Gasteiger partial charge on any atom is -0.482 e. The van der Waals surface area contributed by atoms with Crippen LogP contribution in [-0.2, 0) is 13.2 Å². The second kappa shape index (κ2) is 5.35. The van der Waals surface area contributed by atoms with Gasteiger partial charge in [0.05, 0.1) is 11.6 Å². The molecule has 0 saturated carbocycles. The fraction of sp³-hybridized carbons (Fsp3) is 0.200. The van der Waals surface area contributed by atoms with Crippen LogP contribution in [0.1, 0.15) is 11.8 Å². The predicted molar refractivity (Wildman–Crippen MR) is 63.0 cm³/mol. The lowest BCUT2D eigenvalue weighted by molar-refractivity contribution is 0.259. The molecule has 0 saturated heterocycles. The molecule has 0 fully saturated rings. The van der Waals surface area contributed by atoms with Gasteiger partial charge < -0.3 is 14.9 Å². The van der Waals surface area contributed by atoms with Crippen molar-refractivity contribution in [1.29, 1.82) is 0 Å². The van der Waals surface area contributed by atoms with Gasteiger partial charge in [0.25, 0.3) is 5.89 Å². The quantitative estimate of drug-likeness (QED) is 0.926. The predicted octanol–water partition coefficient (Wildman–Crippen LogP) is 2.41. The van der Waals surface area contributed by atoms with E-state index in [0.29, 0.717) is 27.6 Å². The second-order valence-corrected chi connectivity index (χ2v) is 4.00. The van der Waals surface area contributed by atoms with Crippen molar-refractivity contribution in [2.75, 3.05) is 0 Å². The monoisotopic (exact) mass is 273 g/mol. The summed E-state index contributed by atoms with van der Waals surface area (Å²) in [5.41, 5.74) is 5.34. The van der Waals surface area contributed by atoms with Crippen molar-refractivity contribution in [3.63, 3.8) is 0 Å². The third kappa shape index (κ3) is 3.09. The first-order valence-corrected chi connectivity index (χ1v) is 5.54.